The molecule has 1 fully saturated rings. The van der Waals surface area contributed by atoms with Crippen LogP contribution in [0.2, 0.25) is 0 Å². The van der Waals surface area contributed by atoms with Crippen LogP contribution in [0, 0.1) is 11.3 Å². The standard InChI is InChI=1S/C30H26N2O5/c1-17(2)36-24-6-4-5-20(15-24)27-26(28(33)21-9-12-25-22(14-21)13-18(3)37-25)29(34)30(35)32(27)23-10-7-19(16-31)8-11-23/h4-12,14-15,17-18,27,33H,13H2,1-3H3/b28-26-. The number of Topliss-reactive ketones (excluding diaryl/α,β-unsaturated/α-hetero) is 1. The molecule has 2 unspecified atom stereocenters. The van der Waals surface area contributed by atoms with Gasteiger partial charge >= 0.3 is 0 Å². The number of nitrogens with zero attached hydrogens (tertiary/aromatic N) is 2. The fourth-order valence-electron chi connectivity index (χ4n) is 4.87. The molecule has 2 aliphatic heterocycles. The zero-order valence-corrected chi connectivity index (χ0v) is 20.8. The molecule has 5 rings (SSSR count). The average molecular weight is 495 g/mol. The number of rotatable bonds is 5. The van der Waals surface area contributed by atoms with Gasteiger partial charge in [-0.1, -0.05) is 12.1 Å². The molecule has 37 heavy (non-hydrogen) atoms. The minimum absolute atomic E-state index is 0.0111. The van der Waals surface area contributed by atoms with Crippen molar-refractivity contribution in [3.05, 3.63) is 94.6 Å². The van der Waals surface area contributed by atoms with Gasteiger partial charge in [0.05, 0.1) is 29.4 Å². The fourth-order valence-corrected chi connectivity index (χ4v) is 4.87. The first-order valence-electron chi connectivity index (χ1n) is 12.1. The molecular weight excluding hydrogens is 468 g/mol. The van der Waals surface area contributed by atoms with Crippen LogP contribution in [0.15, 0.2) is 72.3 Å². The Morgan fingerprint density at radius 2 is 1.86 bits per heavy atom. The van der Waals surface area contributed by atoms with Crippen LogP contribution in [0.25, 0.3) is 5.76 Å². The predicted molar refractivity (Wildman–Crippen MR) is 138 cm³/mol. The zero-order valence-electron chi connectivity index (χ0n) is 20.8. The first-order valence-corrected chi connectivity index (χ1v) is 12.1. The van der Waals surface area contributed by atoms with E-state index in [1.807, 2.05) is 20.8 Å². The molecule has 0 bridgehead atoms. The molecule has 3 aromatic carbocycles. The Morgan fingerprint density at radius 1 is 1.11 bits per heavy atom. The van der Waals surface area contributed by atoms with E-state index in [9.17, 15) is 20.0 Å². The highest BCUT2D eigenvalue weighted by Crippen LogP contribution is 2.43. The number of hydrogen-bond acceptors (Lipinski definition) is 6. The molecule has 1 amide bonds. The average Bonchev–Trinajstić information content (AvgIpc) is 3.38. The minimum Gasteiger partial charge on any atom is -0.507 e. The molecule has 7 nitrogen and oxygen atoms in total. The van der Waals surface area contributed by atoms with E-state index < -0.39 is 17.7 Å². The first kappa shape index (κ1) is 24.1. The van der Waals surface area contributed by atoms with Crippen LogP contribution in [0.3, 0.4) is 0 Å². The van der Waals surface area contributed by atoms with Gasteiger partial charge in [0, 0.05) is 17.7 Å². The Morgan fingerprint density at radius 3 is 2.57 bits per heavy atom. The van der Waals surface area contributed by atoms with Crippen LogP contribution in [-0.2, 0) is 16.0 Å². The van der Waals surface area contributed by atoms with Crippen LogP contribution < -0.4 is 14.4 Å². The number of ketones is 1. The summed E-state index contributed by atoms with van der Waals surface area (Å²) in [6.45, 7) is 5.79. The summed E-state index contributed by atoms with van der Waals surface area (Å²) < 4.78 is 11.6. The van der Waals surface area contributed by atoms with Crippen molar-refractivity contribution in [1.29, 1.82) is 5.26 Å². The lowest BCUT2D eigenvalue weighted by molar-refractivity contribution is -0.132. The topological polar surface area (TPSA) is 99.9 Å². The molecule has 2 heterocycles. The summed E-state index contributed by atoms with van der Waals surface area (Å²) in [4.78, 5) is 28.2. The van der Waals surface area contributed by atoms with Crippen molar-refractivity contribution in [2.75, 3.05) is 4.90 Å². The smallest absolute Gasteiger partial charge is 0.300 e. The van der Waals surface area contributed by atoms with Crippen molar-refractivity contribution in [3.63, 3.8) is 0 Å². The first-order chi connectivity index (χ1) is 17.8. The van der Waals surface area contributed by atoms with Gasteiger partial charge in [-0.2, -0.15) is 5.26 Å². The monoisotopic (exact) mass is 494 g/mol. The van der Waals surface area contributed by atoms with Crippen molar-refractivity contribution in [2.24, 2.45) is 0 Å². The Bertz CT molecular complexity index is 1470. The maximum atomic E-state index is 13.4. The summed E-state index contributed by atoms with van der Waals surface area (Å²) in [5.74, 6) is -0.465. The molecule has 0 aromatic heterocycles. The van der Waals surface area contributed by atoms with Gasteiger partial charge in [0.2, 0.25) is 0 Å². The van der Waals surface area contributed by atoms with Gasteiger partial charge < -0.3 is 14.6 Å². The maximum absolute atomic E-state index is 13.4. The molecule has 1 N–H and O–H groups in total. The molecule has 0 radical (unpaired) electrons. The zero-order chi connectivity index (χ0) is 26.3. The number of aliphatic hydroxyl groups excluding tert-OH is 1. The lowest BCUT2D eigenvalue weighted by Crippen LogP contribution is -2.29. The number of carbonyl (C=O) groups excluding carboxylic acids is 2. The maximum Gasteiger partial charge on any atom is 0.300 e. The van der Waals surface area contributed by atoms with E-state index in [1.54, 1.807) is 66.7 Å². The number of amides is 1. The van der Waals surface area contributed by atoms with Crippen LogP contribution >= 0.6 is 0 Å². The van der Waals surface area contributed by atoms with Gasteiger partial charge in [-0.25, -0.2) is 0 Å². The fraction of sp³-hybridized carbons (Fsp3) is 0.233. The molecule has 1 saturated heterocycles. The Kier molecular flexibility index (Phi) is 6.18. The van der Waals surface area contributed by atoms with E-state index >= 15 is 0 Å². The number of carbonyl (C=O) groups is 2. The SMILES string of the molecule is CC(C)Oc1cccc(C2/C(=C(/O)c3ccc4c(c3)CC(C)O4)C(=O)C(=O)N2c2ccc(C#N)cc2)c1. The highest BCUT2D eigenvalue weighted by Gasteiger charge is 2.47. The molecule has 0 aliphatic carbocycles. The number of benzene rings is 3. The van der Waals surface area contributed by atoms with Gasteiger partial charge in [-0.3, -0.25) is 14.5 Å². The second-order valence-corrected chi connectivity index (χ2v) is 9.52. The molecule has 0 saturated carbocycles. The van der Waals surface area contributed by atoms with E-state index in [0.717, 1.165) is 11.3 Å². The number of hydrogen-bond donors (Lipinski definition) is 1. The van der Waals surface area contributed by atoms with E-state index in [0.29, 0.717) is 34.5 Å². The summed E-state index contributed by atoms with van der Waals surface area (Å²) >= 11 is 0. The summed E-state index contributed by atoms with van der Waals surface area (Å²) in [6.07, 6.45) is 0.642. The Balaban J connectivity index is 1.68. The van der Waals surface area contributed by atoms with Gasteiger partial charge in [0.15, 0.2) is 0 Å². The summed E-state index contributed by atoms with van der Waals surface area (Å²) in [6, 6.07) is 20.0. The molecule has 2 atom stereocenters. The summed E-state index contributed by atoms with van der Waals surface area (Å²) in [5.41, 5.74) is 2.84. The lowest BCUT2D eigenvalue weighted by atomic mass is 9.94. The van der Waals surface area contributed by atoms with Gasteiger partial charge in [-0.05, 0) is 86.5 Å². The van der Waals surface area contributed by atoms with Crippen molar-refractivity contribution >= 4 is 23.1 Å². The minimum atomic E-state index is -0.896. The molecular formula is C30H26N2O5. The number of aliphatic hydroxyl groups is 1. The number of anilines is 1. The van der Waals surface area contributed by atoms with Crippen LogP contribution in [0.1, 0.15) is 49.1 Å². The van der Waals surface area contributed by atoms with Gasteiger partial charge in [0.1, 0.15) is 23.4 Å². The number of ether oxygens (including phenoxy) is 2. The van der Waals surface area contributed by atoms with Crippen molar-refractivity contribution < 1.29 is 24.2 Å². The van der Waals surface area contributed by atoms with Crippen molar-refractivity contribution in [3.8, 4) is 17.6 Å². The van der Waals surface area contributed by atoms with Crippen LogP contribution in [-0.4, -0.2) is 29.0 Å². The second-order valence-electron chi connectivity index (χ2n) is 9.52. The third-order valence-corrected chi connectivity index (χ3v) is 6.43. The molecule has 0 spiro atoms. The Labute approximate surface area is 215 Å². The summed E-state index contributed by atoms with van der Waals surface area (Å²) in [5, 5.41) is 20.7. The van der Waals surface area contributed by atoms with E-state index in [4.69, 9.17) is 9.47 Å². The molecule has 7 heteroatoms. The number of fused-ring (bicyclic) bond motifs is 1. The highest BCUT2D eigenvalue weighted by atomic mass is 16.5. The highest BCUT2D eigenvalue weighted by molar-refractivity contribution is 6.51. The van der Waals surface area contributed by atoms with E-state index in [-0.39, 0.29) is 23.5 Å². The second kappa shape index (κ2) is 9.47. The van der Waals surface area contributed by atoms with E-state index in [2.05, 4.69) is 6.07 Å². The molecule has 3 aromatic rings. The molecule has 2 aliphatic rings. The van der Waals surface area contributed by atoms with E-state index in [1.165, 1.54) is 4.90 Å². The lowest BCUT2D eigenvalue weighted by Gasteiger charge is -2.26. The Hall–Kier alpha value is -4.57. The molecule has 186 valence electrons. The van der Waals surface area contributed by atoms with Crippen LogP contribution in [0.5, 0.6) is 11.5 Å². The third-order valence-electron chi connectivity index (χ3n) is 6.43. The van der Waals surface area contributed by atoms with Crippen molar-refractivity contribution in [2.45, 2.75) is 45.4 Å². The number of nitriles is 1. The quantitative estimate of drug-likeness (QED) is 0.294. The normalized spacial score (nSPS) is 20.0. The largest absolute Gasteiger partial charge is 0.507 e. The van der Waals surface area contributed by atoms with Crippen molar-refractivity contribution in [1.82, 2.24) is 0 Å². The van der Waals surface area contributed by atoms with Gasteiger partial charge in [0.25, 0.3) is 11.7 Å². The predicted octanol–water partition coefficient (Wildman–Crippen LogP) is 5.30. The summed E-state index contributed by atoms with van der Waals surface area (Å²) in [7, 11) is 0. The van der Waals surface area contributed by atoms with Crippen LogP contribution in [0.4, 0.5) is 5.69 Å². The third kappa shape index (κ3) is 4.43. The van der Waals surface area contributed by atoms with Gasteiger partial charge in [-0.15, -0.1) is 0 Å².